The van der Waals surface area contributed by atoms with E-state index >= 15 is 0 Å². The van der Waals surface area contributed by atoms with E-state index in [-0.39, 0.29) is 40.6 Å². The molecule has 2 aromatic carbocycles. The maximum atomic E-state index is 13.4. The molecule has 2 saturated heterocycles. The van der Waals surface area contributed by atoms with Crippen LogP contribution < -0.4 is 0 Å². The van der Waals surface area contributed by atoms with Gasteiger partial charge in [-0.25, -0.2) is 17.2 Å². The maximum Gasteiger partial charge on any atom is 0.243 e. The van der Waals surface area contributed by atoms with Gasteiger partial charge in [0.05, 0.1) is 9.92 Å². The molecular formula is C24H27ClF2N2O3S. The van der Waals surface area contributed by atoms with E-state index in [4.69, 9.17) is 11.6 Å². The topological polar surface area (TPSA) is 57.7 Å². The Morgan fingerprint density at radius 2 is 1.67 bits per heavy atom. The highest BCUT2D eigenvalue weighted by Gasteiger charge is 2.35. The Kier molecular flexibility index (Phi) is 7.36. The van der Waals surface area contributed by atoms with Gasteiger partial charge in [0.1, 0.15) is 11.6 Å². The average Bonchev–Trinajstić information content (AvgIpc) is 2.81. The first kappa shape index (κ1) is 24.1. The summed E-state index contributed by atoms with van der Waals surface area (Å²) in [6, 6.07) is 10.0. The molecule has 5 nitrogen and oxygen atoms in total. The van der Waals surface area contributed by atoms with Crippen molar-refractivity contribution < 1.29 is 22.0 Å². The summed E-state index contributed by atoms with van der Waals surface area (Å²) in [7, 11) is -3.78. The quantitative estimate of drug-likeness (QED) is 0.612. The van der Waals surface area contributed by atoms with Crippen LogP contribution in [0.15, 0.2) is 47.4 Å². The molecule has 4 rings (SSSR count). The third-order valence-electron chi connectivity index (χ3n) is 6.67. The van der Waals surface area contributed by atoms with Crippen LogP contribution in [0, 0.1) is 23.5 Å². The summed E-state index contributed by atoms with van der Waals surface area (Å²) in [4.78, 5) is 14.9. The number of likely N-dealkylation sites (tertiary alicyclic amines) is 1. The third-order valence-corrected chi connectivity index (χ3v) is 8.86. The number of hydrogen-bond acceptors (Lipinski definition) is 3. The zero-order chi connectivity index (χ0) is 23.6. The zero-order valence-corrected chi connectivity index (χ0v) is 19.8. The summed E-state index contributed by atoms with van der Waals surface area (Å²) in [6.07, 6.45) is 3.47. The lowest BCUT2D eigenvalue weighted by atomic mass is 9.89. The Morgan fingerprint density at radius 3 is 2.30 bits per heavy atom. The fourth-order valence-corrected chi connectivity index (χ4v) is 6.48. The van der Waals surface area contributed by atoms with Gasteiger partial charge >= 0.3 is 0 Å². The smallest absolute Gasteiger partial charge is 0.243 e. The van der Waals surface area contributed by atoms with Crippen molar-refractivity contribution >= 4 is 27.5 Å². The van der Waals surface area contributed by atoms with Gasteiger partial charge in [-0.3, -0.25) is 4.79 Å². The molecule has 2 heterocycles. The lowest BCUT2D eigenvalue weighted by molar-refractivity contribution is -0.138. The van der Waals surface area contributed by atoms with Crippen LogP contribution >= 0.6 is 11.6 Å². The van der Waals surface area contributed by atoms with Crippen LogP contribution in [-0.4, -0.2) is 49.7 Å². The summed E-state index contributed by atoms with van der Waals surface area (Å²) < 4.78 is 53.9. The van der Waals surface area contributed by atoms with Gasteiger partial charge in [0.25, 0.3) is 0 Å². The number of carbonyl (C=O) groups is 1. The van der Waals surface area contributed by atoms with Gasteiger partial charge in [0, 0.05) is 32.1 Å². The predicted octanol–water partition coefficient (Wildman–Crippen LogP) is 4.50. The molecule has 0 aromatic heterocycles. The van der Waals surface area contributed by atoms with Crippen molar-refractivity contribution in [3.63, 3.8) is 0 Å². The van der Waals surface area contributed by atoms with E-state index in [1.807, 2.05) is 11.0 Å². The Hall–Kier alpha value is -2.03. The van der Waals surface area contributed by atoms with Crippen molar-refractivity contribution in [3.8, 4) is 0 Å². The molecule has 0 spiro atoms. The molecule has 0 radical (unpaired) electrons. The lowest BCUT2D eigenvalue weighted by Gasteiger charge is -2.37. The van der Waals surface area contributed by atoms with Crippen LogP contribution in [0.25, 0.3) is 0 Å². The standard InChI is InChI=1S/C24H27ClF2N2O3S/c25-22-16-21(4-5-23(22)27)33(31,32)29-12-8-19(9-13-29)24(30)28-10-6-17(7-11-28)14-18-2-1-3-20(26)15-18/h1-5,15-17,19H,6-14H2. The highest BCUT2D eigenvalue weighted by molar-refractivity contribution is 7.89. The number of benzene rings is 2. The summed E-state index contributed by atoms with van der Waals surface area (Å²) in [5.74, 6) is -0.588. The summed E-state index contributed by atoms with van der Waals surface area (Å²) >= 11 is 5.75. The molecule has 0 unspecified atom stereocenters. The van der Waals surface area contributed by atoms with Gasteiger partial charge in [0.2, 0.25) is 15.9 Å². The normalized spacial score (nSPS) is 19.1. The molecule has 2 aromatic rings. The molecule has 33 heavy (non-hydrogen) atoms. The number of piperidine rings is 2. The van der Waals surface area contributed by atoms with E-state index in [9.17, 15) is 22.0 Å². The minimum absolute atomic E-state index is 0.0425. The molecule has 0 bridgehead atoms. The van der Waals surface area contributed by atoms with Crippen molar-refractivity contribution in [1.82, 2.24) is 9.21 Å². The van der Waals surface area contributed by atoms with E-state index in [1.54, 1.807) is 12.1 Å². The van der Waals surface area contributed by atoms with E-state index in [2.05, 4.69) is 0 Å². The van der Waals surface area contributed by atoms with E-state index < -0.39 is 15.8 Å². The first-order valence-electron chi connectivity index (χ1n) is 11.2. The first-order chi connectivity index (χ1) is 15.7. The molecule has 1 amide bonds. The third kappa shape index (κ3) is 5.55. The summed E-state index contributed by atoms with van der Waals surface area (Å²) in [5.41, 5.74) is 0.982. The molecular weight excluding hydrogens is 470 g/mol. The van der Waals surface area contributed by atoms with Crippen LogP contribution in [0.2, 0.25) is 5.02 Å². The van der Waals surface area contributed by atoms with E-state index in [1.165, 1.54) is 16.4 Å². The average molecular weight is 497 g/mol. The monoisotopic (exact) mass is 496 g/mol. The predicted molar refractivity (Wildman–Crippen MR) is 122 cm³/mol. The van der Waals surface area contributed by atoms with Gasteiger partial charge in [0.15, 0.2) is 0 Å². The Balaban J connectivity index is 1.28. The Morgan fingerprint density at radius 1 is 0.970 bits per heavy atom. The molecule has 9 heteroatoms. The van der Waals surface area contributed by atoms with Gasteiger partial charge < -0.3 is 4.90 Å². The Labute approximate surface area is 198 Å². The van der Waals surface area contributed by atoms with Crippen LogP contribution in [0.4, 0.5) is 8.78 Å². The zero-order valence-electron chi connectivity index (χ0n) is 18.2. The number of rotatable bonds is 5. The van der Waals surface area contributed by atoms with Crippen molar-refractivity contribution in [2.75, 3.05) is 26.2 Å². The first-order valence-corrected chi connectivity index (χ1v) is 13.0. The Bertz CT molecular complexity index is 1110. The second-order valence-electron chi connectivity index (χ2n) is 8.86. The van der Waals surface area contributed by atoms with Gasteiger partial charge in [-0.15, -0.1) is 0 Å². The van der Waals surface area contributed by atoms with E-state index in [0.29, 0.717) is 31.8 Å². The largest absolute Gasteiger partial charge is 0.342 e. The SMILES string of the molecule is O=C(C1CCN(S(=O)(=O)c2ccc(F)c(Cl)c2)CC1)N1CCC(Cc2cccc(F)c2)CC1. The number of nitrogens with zero attached hydrogens (tertiary/aromatic N) is 2. The summed E-state index contributed by atoms with van der Waals surface area (Å²) in [6.45, 7) is 1.82. The fourth-order valence-electron chi connectivity index (χ4n) is 4.74. The maximum absolute atomic E-state index is 13.4. The molecule has 178 valence electrons. The second-order valence-corrected chi connectivity index (χ2v) is 11.2. The van der Waals surface area contributed by atoms with Crippen molar-refractivity contribution in [2.24, 2.45) is 11.8 Å². The fraction of sp³-hybridized carbons (Fsp3) is 0.458. The molecule has 0 atom stereocenters. The minimum Gasteiger partial charge on any atom is -0.342 e. The number of hydrogen-bond donors (Lipinski definition) is 0. The van der Waals surface area contributed by atoms with Gasteiger partial charge in [-0.1, -0.05) is 23.7 Å². The van der Waals surface area contributed by atoms with Gasteiger partial charge in [-0.05, 0) is 73.9 Å². The number of carbonyl (C=O) groups excluding carboxylic acids is 1. The molecule has 2 aliphatic heterocycles. The minimum atomic E-state index is -3.78. The summed E-state index contributed by atoms with van der Waals surface area (Å²) in [5, 5.41) is -0.234. The van der Waals surface area contributed by atoms with Crippen LogP contribution in [0.5, 0.6) is 0 Å². The molecule has 0 saturated carbocycles. The van der Waals surface area contributed by atoms with Crippen LogP contribution in [-0.2, 0) is 21.2 Å². The van der Waals surface area contributed by atoms with Gasteiger partial charge in [-0.2, -0.15) is 4.31 Å². The number of halogens is 3. The highest BCUT2D eigenvalue weighted by atomic mass is 35.5. The van der Waals surface area contributed by atoms with Crippen LogP contribution in [0.3, 0.4) is 0 Å². The van der Waals surface area contributed by atoms with Crippen molar-refractivity contribution in [1.29, 1.82) is 0 Å². The van der Waals surface area contributed by atoms with Crippen molar-refractivity contribution in [3.05, 3.63) is 64.7 Å². The van der Waals surface area contributed by atoms with Crippen molar-refractivity contribution in [2.45, 2.75) is 37.0 Å². The van der Waals surface area contributed by atoms with E-state index in [0.717, 1.165) is 37.0 Å². The molecule has 0 N–H and O–H groups in total. The molecule has 0 aliphatic carbocycles. The number of sulfonamides is 1. The van der Waals surface area contributed by atoms with Crippen LogP contribution in [0.1, 0.15) is 31.2 Å². The second kappa shape index (κ2) is 10.1. The number of amides is 1. The molecule has 2 fully saturated rings. The molecule has 2 aliphatic rings. The highest BCUT2D eigenvalue weighted by Crippen LogP contribution is 2.29. The lowest BCUT2D eigenvalue weighted by Crippen LogP contribution is -2.46.